The van der Waals surface area contributed by atoms with Gasteiger partial charge in [-0.1, -0.05) is 27.7 Å². The maximum atomic E-state index is 13.3. The summed E-state index contributed by atoms with van der Waals surface area (Å²) in [4.78, 5) is 42.1. The number of hydrogen-bond acceptors (Lipinski definition) is 8. The molecule has 0 unspecified atom stereocenters. The van der Waals surface area contributed by atoms with Crippen LogP contribution in [-0.2, 0) is 20.5 Å². The van der Waals surface area contributed by atoms with Crippen LogP contribution in [0, 0.1) is 11.8 Å². The van der Waals surface area contributed by atoms with E-state index in [4.69, 9.17) is 18.9 Å². The van der Waals surface area contributed by atoms with Gasteiger partial charge in [-0.2, -0.15) is 13.2 Å². The molecule has 0 aliphatic heterocycles. The van der Waals surface area contributed by atoms with E-state index in [0.29, 0.717) is 12.8 Å². The number of rotatable bonds is 13. The van der Waals surface area contributed by atoms with Crippen LogP contribution in [0.2, 0.25) is 0 Å². The first-order valence-corrected chi connectivity index (χ1v) is 13.3. The van der Waals surface area contributed by atoms with Crippen LogP contribution in [0.15, 0.2) is 36.5 Å². The minimum Gasteiger partial charge on any atom is -0.493 e. The Morgan fingerprint density at radius 1 is 1.00 bits per heavy atom. The minimum absolute atomic E-state index is 0.0838. The Bertz CT molecular complexity index is 1180. The molecule has 0 saturated heterocycles. The van der Waals surface area contributed by atoms with Crippen molar-refractivity contribution in [1.82, 2.24) is 10.3 Å². The van der Waals surface area contributed by atoms with Crippen molar-refractivity contribution in [3.05, 3.63) is 47.8 Å². The summed E-state index contributed by atoms with van der Waals surface area (Å²) in [7, 11) is 1.34. The monoisotopic (exact) mass is 582 g/mol. The third-order valence-electron chi connectivity index (χ3n) is 6.49. The highest BCUT2D eigenvalue weighted by Gasteiger charge is 2.35. The number of amides is 1. The van der Waals surface area contributed by atoms with E-state index < -0.39 is 53.8 Å². The Hall–Kier alpha value is -3.83. The molecule has 226 valence electrons. The Labute approximate surface area is 237 Å². The Morgan fingerprint density at radius 3 is 2.10 bits per heavy atom. The zero-order valence-corrected chi connectivity index (χ0v) is 24.2. The zero-order chi connectivity index (χ0) is 30.9. The second-order valence-corrected chi connectivity index (χ2v) is 9.80. The fourth-order valence-corrected chi connectivity index (χ4v) is 4.23. The molecule has 1 N–H and O–H groups in total. The largest absolute Gasteiger partial charge is 0.493 e. The number of benzene rings is 1. The maximum Gasteiger partial charge on any atom is 0.416 e. The third kappa shape index (κ3) is 9.09. The van der Waals surface area contributed by atoms with Gasteiger partial charge in [0.15, 0.2) is 11.4 Å². The van der Waals surface area contributed by atoms with Gasteiger partial charge in [0, 0.05) is 19.2 Å². The van der Waals surface area contributed by atoms with Crippen molar-refractivity contribution in [2.45, 2.75) is 78.8 Å². The molecule has 12 heteroatoms. The number of alkyl halides is 3. The molecule has 41 heavy (non-hydrogen) atoms. The molecule has 1 amide bonds. The van der Waals surface area contributed by atoms with Crippen molar-refractivity contribution in [2.75, 3.05) is 7.11 Å². The third-order valence-corrected chi connectivity index (χ3v) is 6.49. The van der Waals surface area contributed by atoms with Crippen LogP contribution in [0.25, 0.3) is 0 Å². The van der Waals surface area contributed by atoms with Crippen molar-refractivity contribution in [3.63, 3.8) is 0 Å². The van der Waals surface area contributed by atoms with Crippen molar-refractivity contribution in [3.8, 4) is 17.2 Å². The summed E-state index contributed by atoms with van der Waals surface area (Å²) in [5, 5.41) is 2.60. The highest BCUT2D eigenvalue weighted by molar-refractivity contribution is 5.98. The highest BCUT2D eigenvalue weighted by Crippen LogP contribution is 2.32. The Morgan fingerprint density at radius 2 is 1.61 bits per heavy atom. The van der Waals surface area contributed by atoms with Crippen LogP contribution < -0.4 is 19.5 Å². The van der Waals surface area contributed by atoms with E-state index in [1.54, 1.807) is 20.8 Å². The van der Waals surface area contributed by atoms with Crippen LogP contribution in [0.4, 0.5) is 13.2 Å². The SMILES string of the molecule is CCC(CC)[C@@H](Oc1ccc(C(F)(F)F)cc1)[C@H](C)OC(=O)[C@@H](NC(=O)c1nccc(OC)c1OC(C)=O)C(C)C. The van der Waals surface area contributed by atoms with Crippen LogP contribution in [-0.4, -0.2) is 48.2 Å². The van der Waals surface area contributed by atoms with Crippen LogP contribution >= 0.6 is 0 Å². The number of aromatic nitrogens is 1. The van der Waals surface area contributed by atoms with Gasteiger partial charge in [0.05, 0.1) is 12.7 Å². The number of ether oxygens (including phenoxy) is 4. The number of halogens is 3. The summed E-state index contributed by atoms with van der Waals surface area (Å²) in [6.45, 7) is 10.1. The number of carbonyl (C=O) groups is 3. The number of nitrogens with zero attached hydrogens (tertiary/aromatic N) is 1. The second-order valence-electron chi connectivity index (χ2n) is 9.80. The van der Waals surface area contributed by atoms with E-state index in [1.165, 1.54) is 31.5 Å². The molecule has 0 bridgehead atoms. The number of pyridine rings is 1. The van der Waals surface area contributed by atoms with Crippen LogP contribution in [0.1, 0.15) is 70.4 Å². The number of carbonyl (C=O) groups excluding carboxylic acids is 3. The lowest BCUT2D eigenvalue weighted by Gasteiger charge is -2.32. The molecule has 9 nitrogen and oxygen atoms in total. The van der Waals surface area contributed by atoms with Crippen molar-refractivity contribution in [1.29, 1.82) is 0 Å². The lowest BCUT2D eigenvalue weighted by Crippen LogP contribution is -2.48. The molecule has 1 aromatic carbocycles. The fraction of sp³-hybridized carbons (Fsp3) is 0.517. The molecule has 0 aliphatic rings. The summed E-state index contributed by atoms with van der Waals surface area (Å²) in [5.74, 6) is -2.61. The summed E-state index contributed by atoms with van der Waals surface area (Å²) < 4.78 is 61.1. The number of methoxy groups -OCH3 is 1. The van der Waals surface area contributed by atoms with E-state index in [1.807, 2.05) is 13.8 Å². The molecule has 0 aliphatic carbocycles. The predicted octanol–water partition coefficient (Wildman–Crippen LogP) is 5.60. The summed E-state index contributed by atoms with van der Waals surface area (Å²) in [6, 6.07) is 4.61. The lowest BCUT2D eigenvalue weighted by atomic mass is 9.93. The second kappa shape index (κ2) is 14.7. The maximum absolute atomic E-state index is 13.3. The van der Waals surface area contributed by atoms with Gasteiger partial charge in [-0.15, -0.1) is 0 Å². The van der Waals surface area contributed by atoms with Gasteiger partial charge < -0.3 is 24.3 Å². The minimum atomic E-state index is -4.48. The molecular weight excluding hydrogens is 545 g/mol. The molecule has 1 heterocycles. The molecule has 1 aromatic heterocycles. The first kappa shape index (κ1) is 33.4. The van der Waals surface area contributed by atoms with Gasteiger partial charge in [0.25, 0.3) is 5.91 Å². The van der Waals surface area contributed by atoms with Gasteiger partial charge >= 0.3 is 18.1 Å². The van der Waals surface area contributed by atoms with Gasteiger partial charge in [0.2, 0.25) is 5.75 Å². The van der Waals surface area contributed by atoms with E-state index in [0.717, 1.165) is 19.1 Å². The van der Waals surface area contributed by atoms with E-state index in [2.05, 4.69) is 10.3 Å². The summed E-state index contributed by atoms with van der Waals surface area (Å²) in [5.41, 5.74) is -1.06. The van der Waals surface area contributed by atoms with E-state index in [-0.39, 0.29) is 28.9 Å². The van der Waals surface area contributed by atoms with Crippen molar-refractivity contribution in [2.24, 2.45) is 11.8 Å². The number of esters is 2. The fourth-order valence-electron chi connectivity index (χ4n) is 4.23. The summed E-state index contributed by atoms with van der Waals surface area (Å²) >= 11 is 0. The molecular formula is C29H37F3N2O7. The summed E-state index contributed by atoms with van der Waals surface area (Å²) in [6.07, 6.45) is -3.36. The smallest absolute Gasteiger partial charge is 0.416 e. The van der Waals surface area contributed by atoms with Gasteiger partial charge in [-0.3, -0.25) is 9.59 Å². The van der Waals surface area contributed by atoms with Crippen molar-refractivity contribution >= 4 is 17.8 Å². The molecule has 0 radical (unpaired) electrons. The average Bonchev–Trinajstić information content (AvgIpc) is 2.90. The quantitative estimate of drug-likeness (QED) is 0.304. The van der Waals surface area contributed by atoms with E-state index >= 15 is 0 Å². The molecule has 0 saturated carbocycles. The van der Waals surface area contributed by atoms with Gasteiger partial charge in [-0.05, 0) is 55.9 Å². The number of hydrogen-bond donors (Lipinski definition) is 1. The first-order valence-electron chi connectivity index (χ1n) is 13.3. The van der Waals surface area contributed by atoms with Crippen LogP contribution in [0.5, 0.6) is 17.2 Å². The standard InChI is InChI=1S/C29H37F3N2O7/c1-8-19(9-2)25(41-21-12-10-20(11-13-21)29(30,31)32)17(5)39-28(37)23(16(3)4)34-27(36)24-26(40-18(6)35)22(38-7)14-15-33-24/h10-17,19,23,25H,8-9H2,1-7H3,(H,34,36)/t17-,23-,25-/m0/s1. The zero-order valence-electron chi connectivity index (χ0n) is 24.2. The average molecular weight is 583 g/mol. The van der Waals surface area contributed by atoms with E-state index in [9.17, 15) is 27.6 Å². The molecule has 2 rings (SSSR count). The molecule has 0 fully saturated rings. The topological polar surface area (TPSA) is 113 Å². The molecule has 2 aromatic rings. The van der Waals surface area contributed by atoms with Gasteiger partial charge in [0.1, 0.15) is 24.0 Å². The molecule has 3 atom stereocenters. The Balaban J connectivity index is 2.26. The van der Waals surface area contributed by atoms with Crippen LogP contribution in [0.3, 0.4) is 0 Å². The lowest BCUT2D eigenvalue weighted by molar-refractivity contribution is -0.158. The number of nitrogens with one attached hydrogen (secondary N) is 1. The predicted molar refractivity (Wildman–Crippen MR) is 144 cm³/mol. The normalized spacial score (nSPS) is 13.8. The highest BCUT2D eigenvalue weighted by atomic mass is 19.4. The molecule has 0 spiro atoms. The first-order chi connectivity index (χ1) is 19.2. The Kier molecular flexibility index (Phi) is 12.0. The van der Waals surface area contributed by atoms with Crippen molar-refractivity contribution < 1.29 is 46.5 Å². The van der Waals surface area contributed by atoms with Gasteiger partial charge in [-0.25, -0.2) is 9.78 Å².